The van der Waals surface area contributed by atoms with Gasteiger partial charge in [-0.1, -0.05) is 0 Å². The molecular weight excluding hydrogens is 237 g/mol. The summed E-state index contributed by atoms with van der Waals surface area (Å²) >= 11 is 0. The number of nitrogens with zero attached hydrogens (tertiary/aromatic N) is 4. The van der Waals surface area contributed by atoms with Crippen molar-refractivity contribution in [3.05, 3.63) is 36.4 Å². The molecular formula is C9H5F3N4O. The third-order valence-corrected chi connectivity index (χ3v) is 1.65. The number of rotatable bonds is 2. The summed E-state index contributed by atoms with van der Waals surface area (Å²) in [6, 6.07) is 1.72. The van der Waals surface area contributed by atoms with Crippen LogP contribution in [0.1, 0.15) is 5.69 Å². The zero-order valence-electron chi connectivity index (χ0n) is 8.22. The van der Waals surface area contributed by atoms with Crippen LogP contribution in [0.4, 0.5) is 13.2 Å². The highest BCUT2D eigenvalue weighted by atomic mass is 19.4. The first-order chi connectivity index (χ1) is 8.05. The van der Waals surface area contributed by atoms with E-state index in [1.165, 1.54) is 12.4 Å². The molecule has 0 aliphatic carbocycles. The van der Waals surface area contributed by atoms with Gasteiger partial charge in [0.2, 0.25) is 0 Å². The fraction of sp³-hybridized carbons (Fsp3) is 0.111. The molecule has 0 bridgehead atoms. The Bertz CT molecular complexity index is 503. The molecule has 0 aromatic carbocycles. The molecule has 0 N–H and O–H groups in total. The summed E-state index contributed by atoms with van der Waals surface area (Å²) in [7, 11) is 0. The van der Waals surface area contributed by atoms with E-state index in [0.29, 0.717) is 0 Å². The Morgan fingerprint density at radius 2 is 1.59 bits per heavy atom. The smallest absolute Gasteiger partial charge is 0.388 e. The van der Waals surface area contributed by atoms with Gasteiger partial charge in [-0.3, -0.25) is 0 Å². The lowest BCUT2D eigenvalue weighted by Crippen LogP contribution is -2.09. The molecule has 0 aliphatic heterocycles. The van der Waals surface area contributed by atoms with E-state index in [2.05, 4.69) is 19.9 Å². The maximum atomic E-state index is 12.3. The van der Waals surface area contributed by atoms with Gasteiger partial charge in [0, 0.05) is 18.6 Å². The average Bonchev–Trinajstić information content (AvgIpc) is 2.29. The molecule has 0 unspecified atom stereocenters. The van der Waals surface area contributed by atoms with E-state index in [1.54, 1.807) is 6.07 Å². The molecule has 0 amide bonds. The van der Waals surface area contributed by atoms with Crippen LogP contribution in [0.2, 0.25) is 0 Å². The standard InChI is InChI=1S/C9H5F3N4O/c10-9(11,12)6-2-5-15-8(16-6)17-7-13-3-1-4-14-7/h1-5H. The first kappa shape index (κ1) is 11.2. The van der Waals surface area contributed by atoms with Crippen molar-refractivity contribution < 1.29 is 17.9 Å². The number of aromatic nitrogens is 4. The molecule has 0 fully saturated rings. The Morgan fingerprint density at radius 3 is 2.24 bits per heavy atom. The summed E-state index contributed by atoms with van der Waals surface area (Å²) in [5, 5.41) is 0. The second-order valence-corrected chi connectivity index (χ2v) is 2.86. The summed E-state index contributed by atoms with van der Waals surface area (Å²) in [6.07, 6.45) is -0.821. The van der Waals surface area contributed by atoms with Crippen molar-refractivity contribution >= 4 is 0 Å². The quantitative estimate of drug-likeness (QED) is 0.806. The minimum atomic E-state index is -4.54. The van der Waals surface area contributed by atoms with Crippen molar-refractivity contribution in [2.24, 2.45) is 0 Å². The molecule has 0 saturated heterocycles. The molecule has 0 spiro atoms. The molecule has 0 saturated carbocycles. The lowest BCUT2D eigenvalue weighted by Gasteiger charge is -2.06. The number of halogens is 3. The van der Waals surface area contributed by atoms with Crippen LogP contribution in [0.25, 0.3) is 0 Å². The summed E-state index contributed by atoms with van der Waals surface area (Å²) in [5.41, 5.74) is -1.08. The van der Waals surface area contributed by atoms with E-state index < -0.39 is 17.9 Å². The SMILES string of the molecule is FC(F)(F)c1ccnc(Oc2ncccn2)n1. The molecule has 2 rings (SSSR count). The minimum absolute atomic E-state index is 0.119. The number of hydrogen-bond acceptors (Lipinski definition) is 5. The van der Waals surface area contributed by atoms with Crippen molar-refractivity contribution in [1.82, 2.24) is 19.9 Å². The van der Waals surface area contributed by atoms with E-state index in [9.17, 15) is 13.2 Å². The van der Waals surface area contributed by atoms with Gasteiger partial charge in [0.05, 0.1) is 0 Å². The predicted molar refractivity (Wildman–Crippen MR) is 49.1 cm³/mol. The fourth-order valence-corrected chi connectivity index (χ4v) is 0.968. The van der Waals surface area contributed by atoms with Crippen LogP contribution in [0.5, 0.6) is 12.0 Å². The third kappa shape index (κ3) is 2.86. The normalized spacial score (nSPS) is 11.2. The molecule has 0 atom stereocenters. The Morgan fingerprint density at radius 1 is 0.941 bits per heavy atom. The summed E-state index contributed by atoms with van der Waals surface area (Å²) in [5.74, 6) is 0. The Kier molecular flexibility index (Phi) is 2.86. The van der Waals surface area contributed by atoms with E-state index >= 15 is 0 Å². The molecule has 2 heterocycles. The lowest BCUT2D eigenvalue weighted by molar-refractivity contribution is -0.141. The van der Waals surface area contributed by atoms with Gasteiger partial charge < -0.3 is 4.74 Å². The summed E-state index contributed by atoms with van der Waals surface area (Å²) < 4.78 is 41.9. The number of alkyl halides is 3. The molecule has 5 nitrogen and oxygen atoms in total. The van der Waals surface area contributed by atoms with Crippen LogP contribution < -0.4 is 4.74 Å². The molecule has 17 heavy (non-hydrogen) atoms. The first-order valence-electron chi connectivity index (χ1n) is 4.41. The molecule has 2 aromatic rings. The molecule has 0 aliphatic rings. The maximum absolute atomic E-state index is 12.3. The van der Waals surface area contributed by atoms with Crippen molar-refractivity contribution in [3.63, 3.8) is 0 Å². The van der Waals surface area contributed by atoms with Crippen molar-refractivity contribution in [2.75, 3.05) is 0 Å². The fourth-order valence-electron chi connectivity index (χ4n) is 0.968. The number of ether oxygens (including phenoxy) is 1. The van der Waals surface area contributed by atoms with Gasteiger partial charge in [-0.05, 0) is 12.1 Å². The second kappa shape index (κ2) is 4.32. The van der Waals surface area contributed by atoms with E-state index in [1.807, 2.05) is 0 Å². The predicted octanol–water partition coefficient (Wildman–Crippen LogP) is 2.08. The van der Waals surface area contributed by atoms with Gasteiger partial charge in [-0.15, -0.1) is 0 Å². The zero-order valence-corrected chi connectivity index (χ0v) is 8.22. The topological polar surface area (TPSA) is 60.8 Å². The van der Waals surface area contributed by atoms with Gasteiger partial charge in [0.25, 0.3) is 0 Å². The van der Waals surface area contributed by atoms with Crippen LogP contribution in [0.15, 0.2) is 30.7 Å². The number of hydrogen-bond donors (Lipinski definition) is 0. The second-order valence-electron chi connectivity index (χ2n) is 2.86. The first-order valence-corrected chi connectivity index (χ1v) is 4.41. The highest BCUT2D eigenvalue weighted by Crippen LogP contribution is 2.28. The summed E-state index contributed by atoms with van der Waals surface area (Å²) in [6.45, 7) is 0. The monoisotopic (exact) mass is 242 g/mol. The molecule has 2 aromatic heterocycles. The molecule has 88 valence electrons. The Labute approximate surface area is 93.3 Å². The summed E-state index contributed by atoms with van der Waals surface area (Å²) in [4.78, 5) is 14.1. The largest absolute Gasteiger partial charge is 0.433 e. The third-order valence-electron chi connectivity index (χ3n) is 1.65. The minimum Gasteiger partial charge on any atom is -0.388 e. The average molecular weight is 242 g/mol. The zero-order chi connectivity index (χ0) is 12.3. The van der Waals surface area contributed by atoms with Crippen molar-refractivity contribution in [1.29, 1.82) is 0 Å². The van der Waals surface area contributed by atoms with E-state index in [-0.39, 0.29) is 6.01 Å². The molecule has 0 radical (unpaired) electrons. The van der Waals surface area contributed by atoms with Crippen LogP contribution in [0.3, 0.4) is 0 Å². The van der Waals surface area contributed by atoms with Crippen molar-refractivity contribution in [2.45, 2.75) is 6.18 Å². The van der Waals surface area contributed by atoms with Gasteiger partial charge >= 0.3 is 18.2 Å². The van der Waals surface area contributed by atoms with Crippen LogP contribution in [0, 0.1) is 0 Å². The highest BCUT2D eigenvalue weighted by Gasteiger charge is 2.33. The van der Waals surface area contributed by atoms with Crippen LogP contribution in [-0.2, 0) is 6.18 Å². The molecule has 8 heteroatoms. The van der Waals surface area contributed by atoms with Gasteiger partial charge in [-0.2, -0.15) is 18.2 Å². The van der Waals surface area contributed by atoms with Crippen molar-refractivity contribution in [3.8, 4) is 12.0 Å². The van der Waals surface area contributed by atoms with Crippen LogP contribution >= 0.6 is 0 Å². The van der Waals surface area contributed by atoms with Gasteiger partial charge in [-0.25, -0.2) is 15.0 Å². The van der Waals surface area contributed by atoms with Crippen LogP contribution in [-0.4, -0.2) is 19.9 Å². The maximum Gasteiger partial charge on any atom is 0.433 e. The van der Waals surface area contributed by atoms with Gasteiger partial charge in [0.1, 0.15) is 0 Å². The highest BCUT2D eigenvalue weighted by molar-refractivity contribution is 5.11. The van der Waals surface area contributed by atoms with E-state index in [0.717, 1.165) is 12.3 Å². The Balaban J connectivity index is 2.23. The van der Waals surface area contributed by atoms with E-state index in [4.69, 9.17) is 4.74 Å². The lowest BCUT2D eigenvalue weighted by atomic mass is 10.4. The van der Waals surface area contributed by atoms with Gasteiger partial charge in [0.15, 0.2) is 5.69 Å². The Hall–Kier alpha value is -2.25.